The lowest BCUT2D eigenvalue weighted by atomic mass is 10.5. The largest absolute Gasteiger partial charge is 0.363 e. The van der Waals surface area contributed by atoms with E-state index in [4.69, 9.17) is 5.73 Å². The minimum Gasteiger partial charge on any atom is -0.363 e. The molecule has 1 rings (SSSR count). The van der Waals surface area contributed by atoms with Crippen molar-refractivity contribution in [1.29, 1.82) is 0 Å². The van der Waals surface area contributed by atoms with Gasteiger partial charge in [-0.1, -0.05) is 6.58 Å². The molecule has 0 saturated heterocycles. The van der Waals surface area contributed by atoms with Crippen LogP contribution in [0.15, 0.2) is 12.8 Å². The molecule has 0 aliphatic carbocycles. The van der Waals surface area contributed by atoms with Crippen molar-refractivity contribution >= 4 is 12.0 Å². The Balaban J connectivity index is 2.98. The van der Waals surface area contributed by atoms with Crippen molar-refractivity contribution in [3.8, 4) is 0 Å². The Labute approximate surface area is 57.8 Å². The van der Waals surface area contributed by atoms with Crippen molar-refractivity contribution in [2.75, 3.05) is 0 Å². The summed E-state index contributed by atoms with van der Waals surface area (Å²) in [6.07, 6.45) is 3.09. The molecule has 1 aromatic heterocycles. The molecule has 0 spiro atoms. The van der Waals surface area contributed by atoms with Crippen LogP contribution in [0.1, 0.15) is 16.3 Å². The molecule has 0 atom stereocenters. The molecule has 10 heavy (non-hydrogen) atoms. The number of carbonyl (C=O) groups is 1. The van der Waals surface area contributed by atoms with Crippen molar-refractivity contribution < 1.29 is 4.79 Å². The molecule has 0 aromatic carbocycles. The van der Waals surface area contributed by atoms with Gasteiger partial charge in [0.05, 0.1) is 5.69 Å². The minimum absolute atomic E-state index is 0.162. The highest BCUT2D eigenvalue weighted by molar-refractivity contribution is 5.89. The van der Waals surface area contributed by atoms with E-state index in [9.17, 15) is 4.79 Å². The third-order valence-corrected chi connectivity index (χ3v) is 1.04. The zero-order valence-corrected chi connectivity index (χ0v) is 5.29. The Hall–Kier alpha value is -1.58. The van der Waals surface area contributed by atoms with Gasteiger partial charge in [-0.3, -0.25) is 4.79 Å². The summed E-state index contributed by atoms with van der Waals surface area (Å²) in [4.78, 5) is 16.8. The summed E-state index contributed by atoms with van der Waals surface area (Å²) in [7, 11) is 0. The van der Waals surface area contributed by atoms with E-state index in [-0.39, 0.29) is 5.82 Å². The predicted molar refractivity (Wildman–Crippen MR) is 37.2 cm³/mol. The summed E-state index contributed by atoms with van der Waals surface area (Å²) >= 11 is 0. The second-order valence-electron chi connectivity index (χ2n) is 1.74. The van der Waals surface area contributed by atoms with Gasteiger partial charge in [0.1, 0.15) is 0 Å². The van der Waals surface area contributed by atoms with E-state index in [1.165, 1.54) is 6.08 Å². The van der Waals surface area contributed by atoms with Crippen LogP contribution in [0.5, 0.6) is 0 Å². The number of imidazole rings is 1. The van der Waals surface area contributed by atoms with Crippen molar-refractivity contribution in [1.82, 2.24) is 9.97 Å². The monoisotopic (exact) mass is 137 g/mol. The lowest BCUT2D eigenvalue weighted by Crippen LogP contribution is -2.12. The van der Waals surface area contributed by atoms with Gasteiger partial charge in [0.2, 0.25) is 0 Å². The van der Waals surface area contributed by atoms with Gasteiger partial charge in [-0.15, -0.1) is 0 Å². The molecule has 0 saturated carbocycles. The first-order chi connectivity index (χ1) is 4.74. The van der Waals surface area contributed by atoms with Crippen LogP contribution in [0.4, 0.5) is 0 Å². The van der Waals surface area contributed by atoms with E-state index in [2.05, 4.69) is 16.5 Å². The number of hydrogen-bond donors (Lipinski definition) is 2. The van der Waals surface area contributed by atoms with Gasteiger partial charge in [0.25, 0.3) is 5.91 Å². The fraction of sp³-hybridized carbons (Fsp3) is 0. The van der Waals surface area contributed by atoms with Gasteiger partial charge in [-0.2, -0.15) is 0 Å². The van der Waals surface area contributed by atoms with Crippen molar-refractivity contribution in [2.45, 2.75) is 0 Å². The van der Waals surface area contributed by atoms with E-state index >= 15 is 0 Å². The first-order valence-corrected chi connectivity index (χ1v) is 2.71. The van der Waals surface area contributed by atoms with Crippen LogP contribution in [0, 0.1) is 0 Å². The number of rotatable bonds is 2. The Bertz CT molecular complexity index is 264. The fourth-order valence-electron chi connectivity index (χ4n) is 0.567. The van der Waals surface area contributed by atoms with Crippen LogP contribution < -0.4 is 5.73 Å². The molecule has 3 N–H and O–H groups in total. The molecular weight excluding hydrogens is 130 g/mol. The molecule has 0 aliphatic rings. The van der Waals surface area contributed by atoms with Gasteiger partial charge < -0.3 is 10.7 Å². The van der Waals surface area contributed by atoms with E-state index in [1.54, 1.807) is 6.20 Å². The lowest BCUT2D eigenvalue weighted by molar-refractivity contribution is 0.0991. The summed E-state index contributed by atoms with van der Waals surface area (Å²) < 4.78 is 0. The molecule has 0 bridgehead atoms. The van der Waals surface area contributed by atoms with E-state index < -0.39 is 5.91 Å². The number of carbonyl (C=O) groups excluding carboxylic acids is 1. The van der Waals surface area contributed by atoms with Gasteiger partial charge >= 0.3 is 0 Å². The quantitative estimate of drug-likeness (QED) is 0.609. The second kappa shape index (κ2) is 2.34. The Morgan fingerprint density at radius 2 is 2.60 bits per heavy atom. The fourth-order valence-corrected chi connectivity index (χ4v) is 0.567. The number of nitrogens with one attached hydrogen (secondary N) is 1. The Morgan fingerprint density at radius 3 is 2.90 bits per heavy atom. The zero-order valence-electron chi connectivity index (χ0n) is 5.29. The zero-order chi connectivity index (χ0) is 7.56. The maximum absolute atomic E-state index is 10.4. The molecule has 1 heterocycles. The number of aromatic nitrogens is 2. The molecule has 0 radical (unpaired) electrons. The number of hydrogen-bond acceptors (Lipinski definition) is 2. The second-order valence-corrected chi connectivity index (χ2v) is 1.74. The summed E-state index contributed by atoms with van der Waals surface area (Å²) in [6, 6.07) is 0. The average molecular weight is 137 g/mol. The van der Waals surface area contributed by atoms with Gasteiger partial charge in [-0.05, 0) is 6.08 Å². The third-order valence-electron chi connectivity index (χ3n) is 1.04. The van der Waals surface area contributed by atoms with Crippen molar-refractivity contribution in [3.05, 3.63) is 24.3 Å². The highest BCUT2D eigenvalue weighted by Gasteiger charge is 2.02. The molecule has 0 aliphatic heterocycles. The molecule has 52 valence electrons. The smallest absolute Gasteiger partial charge is 0.284 e. The molecule has 4 nitrogen and oxygen atoms in total. The van der Waals surface area contributed by atoms with Crippen LogP contribution in [-0.4, -0.2) is 15.9 Å². The van der Waals surface area contributed by atoms with Crippen LogP contribution in [0.25, 0.3) is 6.08 Å². The predicted octanol–water partition coefficient (Wildman–Crippen LogP) is 0.152. The van der Waals surface area contributed by atoms with Crippen LogP contribution in [0.2, 0.25) is 0 Å². The highest BCUT2D eigenvalue weighted by Crippen LogP contribution is 1.96. The maximum Gasteiger partial charge on any atom is 0.284 e. The number of nitrogens with zero attached hydrogens (tertiary/aromatic N) is 1. The molecule has 1 aromatic rings. The summed E-state index contributed by atoms with van der Waals surface area (Å²) in [5.74, 6) is -0.400. The van der Waals surface area contributed by atoms with E-state index in [0.717, 1.165) is 0 Å². The first kappa shape index (κ1) is 6.54. The third kappa shape index (κ3) is 1.05. The van der Waals surface area contributed by atoms with Crippen molar-refractivity contribution in [3.63, 3.8) is 0 Å². The standard InChI is InChI=1S/C6H7N3O/c1-2-4-3-8-6(9-4)5(7)10/h2-3H,1H2,(H2,7,10)(H,8,9). The maximum atomic E-state index is 10.4. The van der Waals surface area contributed by atoms with Gasteiger partial charge in [-0.25, -0.2) is 4.98 Å². The number of H-pyrrole nitrogens is 1. The average Bonchev–Trinajstić information content (AvgIpc) is 2.34. The molecule has 4 heteroatoms. The van der Waals surface area contributed by atoms with E-state index in [0.29, 0.717) is 5.69 Å². The van der Waals surface area contributed by atoms with Crippen LogP contribution >= 0.6 is 0 Å². The topological polar surface area (TPSA) is 71.8 Å². The lowest BCUT2D eigenvalue weighted by Gasteiger charge is -1.81. The Kier molecular flexibility index (Phi) is 1.53. The molecular formula is C6H7N3O. The van der Waals surface area contributed by atoms with Crippen molar-refractivity contribution in [2.24, 2.45) is 5.73 Å². The summed E-state index contributed by atoms with van der Waals surface area (Å²) in [6.45, 7) is 3.47. The Morgan fingerprint density at radius 1 is 1.90 bits per heavy atom. The molecule has 1 amide bonds. The molecule has 0 fully saturated rings. The number of aromatic amines is 1. The first-order valence-electron chi connectivity index (χ1n) is 2.71. The summed E-state index contributed by atoms with van der Waals surface area (Å²) in [5.41, 5.74) is 5.53. The van der Waals surface area contributed by atoms with Gasteiger partial charge in [0.15, 0.2) is 5.82 Å². The van der Waals surface area contributed by atoms with Crippen LogP contribution in [-0.2, 0) is 0 Å². The number of primary amides is 1. The normalized spacial score (nSPS) is 9.20. The SMILES string of the molecule is C=Cc1c[nH]c(C(N)=O)n1. The molecule has 0 unspecified atom stereocenters. The number of amides is 1. The number of nitrogens with two attached hydrogens (primary N) is 1. The van der Waals surface area contributed by atoms with Crippen LogP contribution in [0.3, 0.4) is 0 Å². The van der Waals surface area contributed by atoms with Gasteiger partial charge in [0, 0.05) is 6.20 Å². The highest BCUT2D eigenvalue weighted by atomic mass is 16.1. The van der Waals surface area contributed by atoms with E-state index in [1.807, 2.05) is 0 Å². The minimum atomic E-state index is -0.562. The summed E-state index contributed by atoms with van der Waals surface area (Å²) in [5, 5.41) is 0.